The van der Waals surface area contributed by atoms with Gasteiger partial charge in [0.1, 0.15) is 5.82 Å². The van der Waals surface area contributed by atoms with Crippen LogP contribution in [-0.4, -0.2) is 31.1 Å². The van der Waals surface area contributed by atoms with Crippen molar-refractivity contribution in [2.45, 2.75) is 0 Å². The molecule has 2 heterocycles. The van der Waals surface area contributed by atoms with Crippen molar-refractivity contribution in [3.8, 4) is 17.1 Å². The molecule has 0 fully saturated rings. The zero-order valence-electron chi connectivity index (χ0n) is 10.0. The fourth-order valence-electron chi connectivity index (χ4n) is 2.01. The molecule has 1 aromatic carbocycles. The molecule has 0 bridgehead atoms. The first-order valence-corrected chi connectivity index (χ1v) is 5.71. The van der Waals surface area contributed by atoms with Gasteiger partial charge in [-0.3, -0.25) is 4.79 Å². The van der Waals surface area contributed by atoms with Gasteiger partial charge in [0.05, 0.1) is 0 Å². The Morgan fingerprint density at radius 1 is 1.25 bits per heavy atom. The summed E-state index contributed by atoms with van der Waals surface area (Å²) in [5.41, 5.74) is -0.179. The molecule has 0 saturated heterocycles. The third-order valence-corrected chi connectivity index (χ3v) is 2.94. The Hall–Kier alpha value is -3.09. The van der Waals surface area contributed by atoms with Crippen molar-refractivity contribution in [2.24, 2.45) is 0 Å². The van der Waals surface area contributed by atoms with E-state index in [4.69, 9.17) is 5.11 Å². The number of carbonyl (C=O) groups is 1. The molecule has 0 amide bonds. The number of H-pyrrole nitrogens is 2. The van der Waals surface area contributed by atoms with Gasteiger partial charge < -0.3 is 20.2 Å². The number of nitrogens with zero attached hydrogens (tertiary/aromatic N) is 1. The van der Waals surface area contributed by atoms with E-state index in [-0.39, 0.29) is 5.82 Å². The second kappa shape index (κ2) is 4.23. The first kappa shape index (κ1) is 12.0. The third kappa shape index (κ3) is 1.72. The van der Waals surface area contributed by atoms with Crippen LogP contribution in [0.2, 0.25) is 0 Å². The van der Waals surface area contributed by atoms with E-state index in [1.54, 1.807) is 6.20 Å². The third-order valence-electron chi connectivity index (χ3n) is 2.94. The largest absolute Gasteiger partial charge is 0.501 e. The monoisotopic (exact) mass is 271 g/mol. The van der Waals surface area contributed by atoms with Crippen molar-refractivity contribution in [3.63, 3.8) is 0 Å². The molecular weight excluding hydrogens is 262 g/mol. The number of aromatic carboxylic acids is 1. The Labute approximate surface area is 111 Å². The van der Waals surface area contributed by atoms with Crippen LogP contribution in [0.3, 0.4) is 0 Å². The Kier molecular flexibility index (Phi) is 2.53. The van der Waals surface area contributed by atoms with Crippen LogP contribution in [0.15, 0.2) is 35.3 Å². The number of benzene rings is 1. The van der Waals surface area contributed by atoms with Crippen LogP contribution < -0.4 is 5.56 Å². The highest BCUT2D eigenvalue weighted by Crippen LogP contribution is 2.26. The standard InChI is InChI=1S/C13H9N3O4/c17-10-9(13(19)20)15-11(16-12(10)18)7-5-14-8-4-2-1-3-6(7)8/h1-5,14,17H,(H,19,20)(H,15,16,18). The van der Waals surface area contributed by atoms with E-state index in [9.17, 15) is 14.7 Å². The molecule has 100 valence electrons. The second-order valence-electron chi connectivity index (χ2n) is 4.16. The number of hydrogen-bond acceptors (Lipinski definition) is 4. The minimum atomic E-state index is -1.46. The molecule has 7 heteroatoms. The van der Waals surface area contributed by atoms with E-state index in [0.29, 0.717) is 5.56 Å². The molecule has 7 nitrogen and oxygen atoms in total. The summed E-state index contributed by atoms with van der Waals surface area (Å²) in [7, 11) is 0. The molecule has 2 aromatic heterocycles. The lowest BCUT2D eigenvalue weighted by atomic mass is 10.1. The second-order valence-corrected chi connectivity index (χ2v) is 4.16. The van der Waals surface area contributed by atoms with Crippen LogP contribution in [0.25, 0.3) is 22.3 Å². The van der Waals surface area contributed by atoms with Crippen LogP contribution in [0.4, 0.5) is 0 Å². The van der Waals surface area contributed by atoms with Crippen LogP contribution in [-0.2, 0) is 0 Å². The molecule has 3 aromatic rings. The first-order valence-electron chi connectivity index (χ1n) is 5.71. The predicted octanol–water partition coefficient (Wildman–Crippen LogP) is 1.32. The van der Waals surface area contributed by atoms with E-state index >= 15 is 0 Å². The molecule has 0 aliphatic heterocycles. The minimum Gasteiger partial charge on any atom is -0.501 e. The maximum atomic E-state index is 11.6. The number of carboxylic acids is 1. The average Bonchev–Trinajstić information content (AvgIpc) is 2.85. The summed E-state index contributed by atoms with van der Waals surface area (Å²) in [6, 6.07) is 7.32. The van der Waals surface area contributed by atoms with Crippen molar-refractivity contribution in [2.75, 3.05) is 0 Å². The minimum absolute atomic E-state index is 0.0858. The Morgan fingerprint density at radius 3 is 2.75 bits per heavy atom. The zero-order valence-corrected chi connectivity index (χ0v) is 10.0. The molecule has 0 saturated carbocycles. The maximum Gasteiger partial charge on any atom is 0.358 e. The first-order chi connectivity index (χ1) is 9.58. The van der Waals surface area contributed by atoms with E-state index in [1.165, 1.54) is 0 Å². The average molecular weight is 271 g/mol. The summed E-state index contributed by atoms with van der Waals surface area (Å²) < 4.78 is 0. The van der Waals surface area contributed by atoms with Crippen LogP contribution in [0.5, 0.6) is 5.75 Å². The number of aromatic hydroxyl groups is 1. The molecule has 0 radical (unpaired) electrons. The summed E-state index contributed by atoms with van der Waals surface area (Å²) in [4.78, 5) is 31.7. The van der Waals surface area contributed by atoms with Crippen molar-refractivity contribution in [3.05, 3.63) is 46.5 Å². The summed E-state index contributed by atoms with van der Waals surface area (Å²) in [6.45, 7) is 0. The summed E-state index contributed by atoms with van der Waals surface area (Å²) in [5, 5.41) is 19.1. The van der Waals surface area contributed by atoms with Gasteiger partial charge in [0.2, 0.25) is 5.75 Å². The van der Waals surface area contributed by atoms with Gasteiger partial charge in [-0.15, -0.1) is 0 Å². The fourth-order valence-corrected chi connectivity index (χ4v) is 2.01. The van der Waals surface area contributed by atoms with Gasteiger partial charge in [0.25, 0.3) is 5.56 Å². The van der Waals surface area contributed by atoms with Gasteiger partial charge in [-0.1, -0.05) is 18.2 Å². The number of nitrogens with one attached hydrogen (secondary N) is 2. The molecule has 0 spiro atoms. The SMILES string of the molecule is O=C(O)c1nc(-c2c[nH]c3ccccc23)[nH]c(=O)c1O. The maximum absolute atomic E-state index is 11.6. The van der Waals surface area contributed by atoms with E-state index in [2.05, 4.69) is 15.0 Å². The number of fused-ring (bicyclic) bond motifs is 1. The Morgan fingerprint density at radius 2 is 2.00 bits per heavy atom. The lowest BCUT2D eigenvalue weighted by Crippen LogP contribution is -2.15. The van der Waals surface area contributed by atoms with Crippen LogP contribution >= 0.6 is 0 Å². The van der Waals surface area contributed by atoms with Gasteiger partial charge in [-0.05, 0) is 6.07 Å². The lowest BCUT2D eigenvalue weighted by molar-refractivity contribution is 0.0686. The number of rotatable bonds is 2. The predicted molar refractivity (Wildman–Crippen MR) is 70.8 cm³/mol. The number of para-hydroxylation sites is 1. The normalized spacial score (nSPS) is 10.8. The molecule has 0 unspecified atom stereocenters. The van der Waals surface area contributed by atoms with Gasteiger partial charge >= 0.3 is 5.97 Å². The molecule has 20 heavy (non-hydrogen) atoms. The molecule has 0 atom stereocenters. The number of hydrogen-bond donors (Lipinski definition) is 4. The highest BCUT2D eigenvalue weighted by Gasteiger charge is 2.18. The summed E-state index contributed by atoms with van der Waals surface area (Å²) in [5.74, 6) is -2.28. The van der Waals surface area contributed by atoms with Gasteiger partial charge in [0, 0.05) is 22.7 Å². The molecule has 0 aliphatic rings. The van der Waals surface area contributed by atoms with E-state index in [0.717, 1.165) is 10.9 Å². The van der Waals surface area contributed by atoms with Crippen molar-refractivity contribution in [1.29, 1.82) is 0 Å². The van der Waals surface area contributed by atoms with Crippen LogP contribution in [0, 0.1) is 0 Å². The number of aromatic amines is 2. The van der Waals surface area contributed by atoms with Crippen molar-refractivity contribution < 1.29 is 15.0 Å². The van der Waals surface area contributed by atoms with Gasteiger partial charge in [-0.2, -0.15) is 0 Å². The zero-order chi connectivity index (χ0) is 14.3. The van der Waals surface area contributed by atoms with Gasteiger partial charge in [0.15, 0.2) is 5.69 Å². The highest BCUT2D eigenvalue weighted by molar-refractivity contribution is 5.95. The molecular formula is C13H9N3O4. The Bertz CT molecular complexity index is 879. The fraction of sp³-hybridized carbons (Fsp3) is 0. The number of carboxylic acid groups (broad SMARTS) is 1. The number of aromatic nitrogens is 3. The smallest absolute Gasteiger partial charge is 0.358 e. The summed E-state index contributed by atoms with van der Waals surface area (Å²) in [6.07, 6.45) is 1.62. The highest BCUT2D eigenvalue weighted by atomic mass is 16.4. The lowest BCUT2D eigenvalue weighted by Gasteiger charge is -2.02. The molecule has 3 rings (SSSR count). The van der Waals surface area contributed by atoms with E-state index in [1.807, 2.05) is 24.3 Å². The van der Waals surface area contributed by atoms with Crippen molar-refractivity contribution in [1.82, 2.24) is 15.0 Å². The summed E-state index contributed by atoms with van der Waals surface area (Å²) >= 11 is 0. The van der Waals surface area contributed by atoms with Crippen LogP contribution in [0.1, 0.15) is 10.5 Å². The quantitative estimate of drug-likeness (QED) is 0.560. The van der Waals surface area contributed by atoms with Gasteiger partial charge in [-0.25, -0.2) is 9.78 Å². The molecule has 4 N–H and O–H groups in total. The topological polar surface area (TPSA) is 119 Å². The van der Waals surface area contributed by atoms with Crippen molar-refractivity contribution >= 4 is 16.9 Å². The molecule has 0 aliphatic carbocycles. The van der Waals surface area contributed by atoms with E-state index < -0.39 is 23.0 Å². The Balaban J connectivity index is 2.30.